The number of aliphatic hydroxyl groups excluding tert-OH is 1. The molecule has 0 aromatic rings. The van der Waals surface area contributed by atoms with Crippen LogP contribution in [-0.2, 0) is 4.79 Å². The molecule has 1 aliphatic heterocycles. The van der Waals surface area contributed by atoms with Crippen molar-refractivity contribution in [1.29, 1.82) is 0 Å². The van der Waals surface area contributed by atoms with Gasteiger partial charge in [0, 0.05) is 11.3 Å². The quantitative estimate of drug-likeness (QED) is 0.743. The maximum atomic E-state index is 11.4. The van der Waals surface area contributed by atoms with Gasteiger partial charge >= 0.3 is 0 Å². The third kappa shape index (κ3) is 2.93. The Labute approximate surface area is 90.9 Å². The number of ketones is 1. The van der Waals surface area contributed by atoms with Crippen LogP contribution in [-0.4, -0.2) is 17.1 Å². The molecule has 0 aromatic carbocycles. The van der Waals surface area contributed by atoms with E-state index >= 15 is 0 Å². The third-order valence-corrected chi connectivity index (χ3v) is 2.55. The van der Waals surface area contributed by atoms with Gasteiger partial charge in [0.1, 0.15) is 0 Å². The molecule has 1 rings (SSSR count). The number of Topliss-reactive ketones (excluding diaryl/α,β-unsaturated/α-hetero) is 1. The van der Waals surface area contributed by atoms with Gasteiger partial charge in [0.05, 0.1) is 0 Å². The molecular formula is C12H19NO2. The lowest BCUT2D eigenvalue weighted by Crippen LogP contribution is -2.35. The van der Waals surface area contributed by atoms with E-state index in [9.17, 15) is 9.90 Å². The molecule has 1 atom stereocenters. The Bertz CT molecular complexity index is 316. The number of carbonyl (C=O) groups is 1. The summed E-state index contributed by atoms with van der Waals surface area (Å²) in [6, 6.07) is 0. The molecule has 0 saturated carbocycles. The molecule has 15 heavy (non-hydrogen) atoms. The fourth-order valence-electron chi connectivity index (χ4n) is 1.84. The summed E-state index contributed by atoms with van der Waals surface area (Å²) in [5.74, 6) is -0.0511. The van der Waals surface area contributed by atoms with Crippen molar-refractivity contribution in [3.8, 4) is 0 Å². The van der Waals surface area contributed by atoms with Crippen molar-refractivity contribution in [2.75, 3.05) is 0 Å². The fraction of sp³-hybridized carbons (Fsp3) is 0.583. The van der Waals surface area contributed by atoms with Crippen molar-refractivity contribution in [2.24, 2.45) is 0 Å². The van der Waals surface area contributed by atoms with Crippen molar-refractivity contribution in [3.63, 3.8) is 0 Å². The summed E-state index contributed by atoms with van der Waals surface area (Å²) < 4.78 is 0. The topological polar surface area (TPSA) is 49.3 Å². The molecule has 0 bridgehead atoms. The van der Waals surface area contributed by atoms with E-state index in [0.29, 0.717) is 5.57 Å². The molecule has 0 spiro atoms. The van der Waals surface area contributed by atoms with Crippen molar-refractivity contribution in [3.05, 3.63) is 22.9 Å². The zero-order chi connectivity index (χ0) is 11.4. The first kappa shape index (κ1) is 12.0. The van der Waals surface area contributed by atoms with Crippen LogP contribution >= 0.6 is 0 Å². The van der Waals surface area contributed by atoms with Crippen LogP contribution in [0.4, 0.5) is 0 Å². The fourth-order valence-corrected chi connectivity index (χ4v) is 1.84. The zero-order valence-corrected chi connectivity index (χ0v) is 9.63. The minimum absolute atomic E-state index is 0.0511. The van der Waals surface area contributed by atoms with Gasteiger partial charge in [-0.05, 0) is 38.3 Å². The van der Waals surface area contributed by atoms with Crippen LogP contribution in [0.25, 0.3) is 0 Å². The number of allylic oxidation sites excluding steroid dienone is 3. The standard InChI is InChI=1S/C12H19NO2/c1-4-5-6-10-7-8(2)13-12(15)11(10)9(3)14/h7,12-13,15H,4-6H2,1-3H3. The highest BCUT2D eigenvalue weighted by molar-refractivity contribution is 5.95. The molecule has 1 aliphatic rings. The van der Waals surface area contributed by atoms with Crippen LogP contribution in [0.15, 0.2) is 22.9 Å². The molecule has 1 unspecified atom stereocenters. The monoisotopic (exact) mass is 209 g/mol. The summed E-state index contributed by atoms with van der Waals surface area (Å²) in [5, 5.41) is 12.6. The molecule has 0 saturated heterocycles. The molecule has 0 aliphatic carbocycles. The summed E-state index contributed by atoms with van der Waals surface area (Å²) in [4.78, 5) is 11.4. The van der Waals surface area contributed by atoms with Gasteiger partial charge in [0.2, 0.25) is 0 Å². The van der Waals surface area contributed by atoms with Crippen molar-refractivity contribution >= 4 is 5.78 Å². The van der Waals surface area contributed by atoms with Crippen LogP contribution in [0, 0.1) is 0 Å². The van der Waals surface area contributed by atoms with E-state index in [2.05, 4.69) is 12.2 Å². The van der Waals surface area contributed by atoms with Crippen molar-refractivity contribution in [1.82, 2.24) is 5.32 Å². The average molecular weight is 209 g/mol. The minimum Gasteiger partial charge on any atom is -0.369 e. The van der Waals surface area contributed by atoms with Crippen molar-refractivity contribution in [2.45, 2.75) is 46.3 Å². The summed E-state index contributed by atoms with van der Waals surface area (Å²) in [6.45, 7) is 5.51. The zero-order valence-electron chi connectivity index (χ0n) is 9.63. The van der Waals surface area contributed by atoms with Crippen LogP contribution in [0.2, 0.25) is 0 Å². The molecule has 0 fully saturated rings. The number of hydrogen-bond donors (Lipinski definition) is 2. The maximum Gasteiger partial charge on any atom is 0.160 e. The largest absolute Gasteiger partial charge is 0.369 e. The SMILES string of the molecule is CCCCC1=C(C(C)=O)C(O)NC(C)=C1. The Morgan fingerprint density at radius 2 is 2.27 bits per heavy atom. The lowest BCUT2D eigenvalue weighted by atomic mass is 9.95. The molecule has 1 heterocycles. The number of aliphatic hydroxyl groups is 1. The van der Waals surface area contributed by atoms with Gasteiger partial charge in [-0.3, -0.25) is 4.79 Å². The number of dihydropyridines is 1. The van der Waals surface area contributed by atoms with Gasteiger partial charge in [-0.25, -0.2) is 0 Å². The summed E-state index contributed by atoms with van der Waals surface area (Å²) in [5.41, 5.74) is 2.42. The van der Waals surface area contributed by atoms with Gasteiger partial charge in [-0.2, -0.15) is 0 Å². The number of unbranched alkanes of at least 4 members (excludes halogenated alkanes) is 1. The van der Waals surface area contributed by atoms with Crippen molar-refractivity contribution < 1.29 is 9.90 Å². The maximum absolute atomic E-state index is 11.4. The summed E-state index contributed by atoms with van der Waals surface area (Å²) in [6.07, 6.45) is 4.12. The smallest absolute Gasteiger partial charge is 0.160 e. The van der Waals surface area contributed by atoms with Gasteiger partial charge in [0.25, 0.3) is 0 Å². The second kappa shape index (κ2) is 5.12. The Morgan fingerprint density at radius 3 is 2.80 bits per heavy atom. The van der Waals surface area contributed by atoms with Crippen LogP contribution in [0.3, 0.4) is 0 Å². The molecule has 0 amide bonds. The highest BCUT2D eigenvalue weighted by Gasteiger charge is 2.22. The van der Waals surface area contributed by atoms with E-state index in [0.717, 1.165) is 30.5 Å². The predicted octanol–water partition coefficient (Wildman–Crippen LogP) is 1.89. The normalized spacial score (nSPS) is 21.1. The van der Waals surface area contributed by atoms with Gasteiger partial charge in [-0.15, -0.1) is 0 Å². The molecule has 0 aromatic heterocycles. The Balaban J connectivity index is 2.97. The predicted molar refractivity (Wildman–Crippen MR) is 60.1 cm³/mol. The van der Waals surface area contributed by atoms with E-state index in [-0.39, 0.29) is 5.78 Å². The van der Waals surface area contributed by atoms with Crippen LogP contribution in [0.5, 0.6) is 0 Å². The van der Waals surface area contributed by atoms with E-state index in [4.69, 9.17) is 0 Å². The molecule has 84 valence electrons. The van der Waals surface area contributed by atoms with E-state index in [1.165, 1.54) is 6.92 Å². The first-order chi connectivity index (χ1) is 7.06. The number of hydrogen-bond acceptors (Lipinski definition) is 3. The number of rotatable bonds is 4. The minimum atomic E-state index is -0.834. The molecule has 3 heteroatoms. The first-order valence-corrected chi connectivity index (χ1v) is 5.43. The highest BCUT2D eigenvalue weighted by Crippen LogP contribution is 2.22. The highest BCUT2D eigenvalue weighted by atomic mass is 16.3. The van der Waals surface area contributed by atoms with Gasteiger partial charge < -0.3 is 10.4 Å². The van der Waals surface area contributed by atoms with E-state index < -0.39 is 6.23 Å². The molecular weight excluding hydrogens is 190 g/mol. The lowest BCUT2D eigenvalue weighted by molar-refractivity contribution is -0.114. The van der Waals surface area contributed by atoms with Crippen LogP contribution < -0.4 is 5.32 Å². The van der Waals surface area contributed by atoms with E-state index in [1.54, 1.807) is 0 Å². The second-order valence-electron chi connectivity index (χ2n) is 3.97. The molecule has 2 N–H and O–H groups in total. The Morgan fingerprint density at radius 1 is 1.60 bits per heavy atom. The summed E-state index contributed by atoms with van der Waals surface area (Å²) in [7, 11) is 0. The number of nitrogens with one attached hydrogen (secondary N) is 1. The average Bonchev–Trinajstić information content (AvgIpc) is 2.12. The third-order valence-electron chi connectivity index (χ3n) is 2.55. The summed E-state index contributed by atoms with van der Waals surface area (Å²) >= 11 is 0. The Kier molecular flexibility index (Phi) is 4.09. The van der Waals surface area contributed by atoms with Crippen LogP contribution in [0.1, 0.15) is 40.0 Å². The number of carbonyl (C=O) groups excluding carboxylic acids is 1. The van der Waals surface area contributed by atoms with Gasteiger partial charge in [0.15, 0.2) is 12.0 Å². The van der Waals surface area contributed by atoms with E-state index in [1.807, 2.05) is 13.0 Å². The molecule has 3 nitrogen and oxygen atoms in total. The molecule has 0 radical (unpaired) electrons. The Hall–Kier alpha value is -1.09. The van der Waals surface area contributed by atoms with Gasteiger partial charge in [-0.1, -0.05) is 13.3 Å². The lowest BCUT2D eigenvalue weighted by Gasteiger charge is -2.24. The first-order valence-electron chi connectivity index (χ1n) is 5.43. The second-order valence-corrected chi connectivity index (χ2v) is 3.97.